The molecule has 1 aromatic rings. The van der Waals surface area contributed by atoms with Crippen LogP contribution in [0.5, 0.6) is 0 Å². The Kier molecular flexibility index (Phi) is 3.11. The standard InChI is InChI=1S/C14H21N/c1-4-15-10-13-8-6-5-7-12(13)9-14(15)11(2)3/h5-8,11,14H,4,9-10H2,1-3H3/t14-/m0/s1. The fraction of sp³-hybridized carbons (Fsp3) is 0.571. The summed E-state index contributed by atoms with van der Waals surface area (Å²) in [5.41, 5.74) is 3.08. The first kappa shape index (κ1) is 10.7. The van der Waals surface area contributed by atoms with Gasteiger partial charge in [0.15, 0.2) is 0 Å². The van der Waals surface area contributed by atoms with Crippen LogP contribution in [0.2, 0.25) is 0 Å². The van der Waals surface area contributed by atoms with E-state index < -0.39 is 0 Å². The summed E-state index contributed by atoms with van der Waals surface area (Å²) in [7, 11) is 0. The van der Waals surface area contributed by atoms with E-state index >= 15 is 0 Å². The minimum atomic E-state index is 0.727. The lowest BCUT2D eigenvalue weighted by Crippen LogP contribution is -2.43. The maximum absolute atomic E-state index is 2.60. The van der Waals surface area contributed by atoms with E-state index in [1.807, 2.05) is 0 Å². The zero-order chi connectivity index (χ0) is 10.8. The third kappa shape index (κ3) is 2.07. The highest BCUT2D eigenvalue weighted by Crippen LogP contribution is 2.26. The maximum atomic E-state index is 2.60. The first-order chi connectivity index (χ1) is 7.22. The Labute approximate surface area is 93.1 Å². The molecule has 0 N–H and O–H groups in total. The summed E-state index contributed by atoms with van der Waals surface area (Å²) < 4.78 is 0. The van der Waals surface area contributed by atoms with Crippen LogP contribution in [-0.4, -0.2) is 17.5 Å². The van der Waals surface area contributed by atoms with Crippen LogP contribution in [0.15, 0.2) is 24.3 Å². The molecule has 0 spiro atoms. The first-order valence-corrected chi connectivity index (χ1v) is 6.03. The summed E-state index contributed by atoms with van der Waals surface area (Å²) in [5, 5.41) is 0. The summed E-state index contributed by atoms with van der Waals surface area (Å²) in [6, 6.07) is 9.61. The monoisotopic (exact) mass is 203 g/mol. The summed E-state index contributed by atoms with van der Waals surface area (Å²) in [6.45, 7) is 9.23. The second kappa shape index (κ2) is 4.36. The van der Waals surface area contributed by atoms with Crippen molar-refractivity contribution in [1.82, 2.24) is 4.90 Å². The highest BCUT2D eigenvalue weighted by Gasteiger charge is 2.26. The molecule has 0 saturated carbocycles. The maximum Gasteiger partial charge on any atom is 0.0239 e. The van der Waals surface area contributed by atoms with Gasteiger partial charge in [0.05, 0.1) is 0 Å². The van der Waals surface area contributed by atoms with Crippen molar-refractivity contribution in [2.45, 2.75) is 39.8 Å². The minimum absolute atomic E-state index is 0.727. The fourth-order valence-corrected chi connectivity index (χ4v) is 2.61. The van der Waals surface area contributed by atoms with E-state index in [1.54, 1.807) is 5.56 Å². The molecule has 1 atom stereocenters. The molecule has 0 saturated heterocycles. The Morgan fingerprint density at radius 3 is 2.53 bits per heavy atom. The number of nitrogens with zero attached hydrogens (tertiary/aromatic N) is 1. The highest BCUT2D eigenvalue weighted by molar-refractivity contribution is 5.30. The Morgan fingerprint density at radius 1 is 1.27 bits per heavy atom. The van der Waals surface area contributed by atoms with Crippen LogP contribution in [-0.2, 0) is 13.0 Å². The fourth-order valence-electron chi connectivity index (χ4n) is 2.61. The minimum Gasteiger partial charge on any atom is -0.296 e. The molecule has 1 aliphatic rings. The van der Waals surface area contributed by atoms with Crippen molar-refractivity contribution >= 4 is 0 Å². The lowest BCUT2D eigenvalue weighted by Gasteiger charge is -2.38. The molecule has 0 bridgehead atoms. The second-order valence-electron chi connectivity index (χ2n) is 4.85. The van der Waals surface area contributed by atoms with Crippen molar-refractivity contribution in [3.05, 3.63) is 35.4 Å². The summed E-state index contributed by atoms with van der Waals surface area (Å²) in [5.74, 6) is 0.748. The van der Waals surface area contributed by atoms with Crippen LogP contribution < -0.4 is 0 Å². The quantitative estimate of drug-likeness (QED) is 0.714. The molecule has 82 valence electrons. The van der Waals surface area contributed by atoms with Crippen LogP contribution in [0, 0.1) is 5.92 Å². The molecule has 0 radical (unpaired) electrons. The summed E-state index contributed by atoms with van der Waals surface area (Å²) in [4.78, 5) is 2.60. The van der Waals surface area contributed by atoms with Crippen LogP contribution in [0.4, 0.5) is 0 Å². The predicted octanol–water partition coefficient (Wildman–Crippen LogP) is 3.09. The number of hydrogen-bond donors (Lipinski definition) is 0. The van der Waals surface area contributed by atoms with Gasteiger partial charge in [-0.2, -0.15) is 0 Å². The third-order valence-corrected chi connectivity index (χ3v) is 3.57. The molecule has 0 aromatic heterocycles. The van der Waals surface area contributed by atoms with E-state index in [0.29, 0.717) is 0 Å². The van der Waals surface area contributed by atoms with Crippen LogP contribution in [0.3, 0.4) is 0 Å². The lowest BCUT2D eigenvalue weighted by molar-refractivity contribution is 0.140. The van der Waals surface area contributed by atoms with Gasteiger partial charge in [-0.1, -0.05) is 45.0 Å². The van der Waals surface area contributed by atoms with Crippen molar-refractivity contribution in [2.24, 2.45) is 5.92 Å². The molecule has 0 aliphatic carbocycles. The lowest BCUT2D eigenvalue weighted by atomic mass is 9.88. The number of fused-ring (bicyclic) bond motifs is 1. The largest absolute Gasteiger partial charge is 0.296 e. The molecule has 0 fully saturated rings. The molecule has 1 heterocycles. The van der Waals surface area contributed by atoms with E-state index in [2.05, 4.69) is 49.9 Å². The van der Waals surface area contributed by atoms with Crippen molar-refractivity contribution in [3.63, 3.8) is 0 Å². The zero-order valence-electron chi connectivity index (χ0n) is 10.0. The molecule has 1 nitrogen and oxygen atoms in total. The highest BCUT2D eigenvalue weighted by atomic mass is 15.2. The molecular formula is C14H21N. The van der Waals surface area contributed by atoms with Gasteiger partial charge in [0.1, 0.15) is 0 Å². The molecule has 1 aliphatic heterocycles. The molecule has 2 rings (SSSR count). The van der Waals surface area contributed by atoms with Gasteiger partial charge in [-0.05, 0) is 30.0 Å². The number of likely N-dealkylation sites (N-methyl/N-ethyl adjacent to an activating group) is 1. The summed E-state index contributed by atoms with van der Waals surface area (Å²) >= 11 is 0. The third-order valence-electron chi connectivity index (χ3n) is 3.57. The van der Waals surface area contributed by atoms with Gasteiger partial charge in [0.2, 0.25) is 0 Å². The Morgan fingerprint density at radius 2 is 1.93 bits per heavy atom. The van der Waals surface area contributed by atoms with Gasteiger partial charge in [-0.15, -0.1) is 0 Å². The van der Waals surface area contributed by atoms with E-state index in [9.17, 15) is 0 Å². The van der Waals surface area contributed by atoms with Gasteiger partial charge < -0.3 is 0 Å². The molecule has 1 heteroatoms. The Bertz CT molecular complexity index is 330. The zero-order valence-corrected chi connectivity index (χ0v) is 10.0. The Hall–Kier alpha value is -0.820. The van der Waals surface area contributed by atoms with E-state index in [-0.39, 0.29) is 0 Å². The van der Waals surface area contributed by atoms with E-state index in [4.69, 9.17) is 0 Å². The van der Waals surface area contributed by atoms with Crippen molar-refractivity contribution in [1.29, 1.82) is 0 Å². The van der Waals surface area contributed by atoms with E-state index in [1.165, 1.54) is 12.0 Å². The van der Waals surface area contributed by atoms with Crippen LogP contribution >= 0.6 is 0 Å². The SMILES string of the molecule is CCN1Cc2ccccc2C[C@H]1C(C)C. The smallest absolute Gasteiger partial charge is 0.0239 e. The van der Waals surface area contributed by atoms with Gasteiger partial charge >= 0.3 is 0 Å². The van der Waals surface area contributed by atoms with Crippen LogP contribution in [0.25, 0.3) is 0 Å². The topological polar surface area (TPSA) is 3.24 Å². The molecule has 0 amide bonds. The van der Waals surface area contributed by atoms with Gasteiger partial charge in [0.25, 0.3) is 0 Å². The van der Waals surface area contributed by atoms with Gasteiger partial charge in [-0.3, -0.25) is 4.90 Å². The summed E-state index contributed by atoms with van der Waals surface area (Å²) in [6.07, 6.45) is 1.22. The van der Waals surface area contributed by atoms with Gasteiger partial charge in [-0.25, -0.2) is 0 Å². The van der Waals surface area contributed by atoms with Crippen molar-refractivity contribution < 1.29 is 0 Å². The van der Waals surface area contributed by atoms with Crippen molar-refractivity contribution in [2.75, 3.05) is 6.54 Å². The molecule has 0 unspecified atom stereocenters. The predicted molar refractivity (Wildman–Crippen MR) is 64.9 cm³/mol. The number of benzene rings is 1. The number of hydrogen-bond acceptors (Lipinski definition) is 1. The second-order valence-corrected chi connectivity index (χ2v) is 4.85. The average molecular weight is 203 g/mol. The van der Waals surface area contributed by atoms with Crippen LogP contribution in [0.1, 0.15) is 31.9 Å². The molecule has 1 aromatic carbocycles. The molecular weight excluding hydrogens is 182 g/mol. The number of rotatable bonds is 2. The molecule has 15 heavy (non-hydrogen) atoms. The first-order valence-electron chi connectivity index (χ1n) is 6.03. The normalized spacial score (nSPS) is 21.7. The average Bonchev–Trinajstić information content (AvgIpc) is 2.27. The van der Waals surface area contributed by atoms with Gasteiger partial charge in [0, 0.05) is 12.6 Å². The van der Waals surface area contributed by atoms with Crippen molar-refractivity contribution in [3.8, 4) is 0 Å². The Balaban J connectivity index is 2.26. The van der Waals surface area contributed by atoms with E-state index in [0.717, 1.165) is 25.0 Å².